The molecule has 2 fully saturated rings. The lowest BCUT2D eigenvalue weighted by Gasteiger charge is -2.48. The van der Waals surface area contributed by atoms with Crippen LogP contribution in [0.5, 0.6) is 0 Å². The van der Waals surface area contributed by atoms with Crippen molar-refractivity contribution in [2.75, 3.05) is 32.9 Å². The number of rotatable bonds is 6. The van der Waals surface area contributed by atoms with Crippen LogP contribution in [-0.2, 0) is 4.74 Å². The fourth-order valence-electron chi connectivity index (χ4n) is 3.95. The molecule has 1 spiro atoms. The minimum Gasteiger partial charge on any atom is -0.396 e. The zero-order chi connectivity index (χ0) is 12.9. The van der Waals surface area contributed by atoms with E-state index in [1.807, 2.05) is 0 Å². The molecule has 4 N–H and O–H groups in total. The molecule has 4 nitrogen and oxygen atoms in total. The molecule has 1 aliphatic heterocycles. The van der Waals surface area contributed by atoms with Gasteiger partial charge in [-0.15, -0.1) is 0 Å². The van der Waals surface area contributed by atoms with Gasteiger partial charge in [0.15, 0.2) is 0 Å². The average molecular weight is 256 g/mol. The molecule has 1 unspecified atom stereocenters. The molecule has 106 valence electrons. The highest BCUT2D eigenvalue weighted by Crippen LogP contribution is 2.52. The van der Waals surface area contributed by atoms with E-state index in [0.717, 1.165) is 52.0 Å². The maximum atomic E-state index is 8.85. The number of hydrogen-bond acceptors (Lipinski definition) is 4. The van der Waals surface area contributed by atoms with E-state index in [1.54, 1.807) is 0 Å². The molecule has 2 aliphatic rings. The number of unbranched alkanes of at least 4 members (excludes halogenated alkanes) is 1. The molecule has 4 heteroatoms. The second-order valence-corrected chi connectivity index (χ2v) is 5.89. The number of ether oxygens (including phenoxy) is 1. The van der Waals surface area contributed by atoms with Crippen LogP contribution in [0, 0.1) is 5.41 Å². The molecule has 1 heterocycles. The van der Waals surface area contributed by atoms with Crippen molar-refractivity contribution in [3.05, 3.63) is 0 Å². The van der Waals surface area contributed by atoms with Crippen LogP contribution in [0.15, 0.2) is 0 Å². The second kappa shape index (κ2) is 6.33. The van der Waals surface area contributed by atoms with Crippen molar-refractivity contribution in [1.82, 2.24) is 5.32 Å². The van der Waals surface area contributed by atoms with Gasteiger partial charge in [-0.1, -0.05) is 6.42 Å². The zero-order valence-corrected chi connectivity index (χ0v) is 11.4. The molecular weight excluding hydrogens is 228 g/mol. The van der Waals surface area contributed by atoms with Crippen molar-refractivity contribution >= 4 is 0 Å². The molecule has 1 atom stereocenters. The van der Waals surface area contributed by atoms with Crippen LogP contribution in [0.25, 0.3) is 0 Å². The quantitative estimate of drug-likeness (QED) is 0.621. The largest absolute Gasteiger partial charge is 0.396 e. The maximum absolute atomic E-state index is 8.85. The van der Waals surface area contributed by atoms with Crippen LogP contribution in [0.4, 0.5) is 0 Å². The second-order valence-electron chi connectivity index (χ2n) is 5.89. The summed E-state index contributed by atoms with van der Waals surface area (Å²) < 4.78 is 5.54. The lowest BCUT2D eigenvalue weighted by Crippen LogP contribution is -2.61. The van der Waals surface area contributed by atoms with Crippen molar-refractivity contribution in [3.63, 3.8) is 0 Å². The summed E-state index contributed by atoms with van der Waals surface area (Å²) in [6.45, 7) is 3.77. The van der Waals surface area contributed by atoms with E-state index in [4.69, 9.17) is 15.6 Å². The zero-order valence-electron chi connectivity index (χ0n) is 11.4. The molecule has 1 saturated carbocycles. The molecule has 1 saturated heterocycles. The Bertz CT molecular complexity index is 254. The highest BCUT2D eigenvalue weighted by Gasteiger charge is 2.53. The Labute approximate surface area is 110 Å². The van der Waals surface area contributed by atoms with Crippen molar-refractivity contribution < 1.29 is 9.84 Å². The van der Waals surface area contributed by atoms with Gasteiger partial charge in [-0.05, 0) is 50.5 Å². The van der Waals surface area contributed by atoms with E-state index in [1.165, 1.54) is 19.3 Å². The first kappa shape index (κ1) is 14.3. The predicted octanol–water partition coefficient (Wildman–Crippen LogP) is 1.03. The first-order chi connectivity index (χ1) is 8.79. The van der Waals surface area contributed by atoms with Crippen LogP contribution in [-0.4, -0.2) is 43.6 Å². The van der Waals surface area contributed by atoms with Gasteiger partial charge in [0.2, 0.25) is 0 Å². The summed E-state index contributed by atoms with van der Waals surface area (Å²) >= 11 is 0. The molecule has 2 rings (SSSR count). The third-order valence-corrected chi connectivity index (χ3v) is 5.12. The molecule has 18 heavy (non-hydrogen) atoms. The highest BCUT2D eigenvalue weighted by atomic mass is 16.5. The topological polar surface area (TPSA) is 67.5 Å². The molecule has 0 radical (unpaired) electrons. The number of aliphatic hydroxyl groups excluding tert-OH is 1. The van der Waals surface area contributed by atoms with Gasteiger partial charge in [0.1, 0.15) is 0 Å². The van der Waals surface area contributed by atoms with Crippen LogP contribution in [0.2, 0.25) is 0 Å². The smallest absolute Gasteiger partial charge is 0.0472 e. The maximum Gasteiger partial charge on any atom is 0.0472 e. The van der Waals surface area contributed by atoms with E-state index in [0.29, 0.717) is 5.41 Å². The van der Waals surface area contributed by atoms with Crippen molar-refractivity contribution in [2.24, 2.45) is 11.1 Å². The fourth-order valence-corrected chi connectivity index (χ4v) is 3.95. The summed E-state index contributed by atoms with van der Waals surface area (Å²) in [5.74, 6) is 0. The minimum atomic E-state index is 0.117. The summed E-state index contributed by atoms with van der Waals surface area (Å²) in [5, 5.41) is 12.6. The Morgan fingerprint density at radius 3 is 2.56 bits per heavy atom. The Hall–Kier alpha value is -0.160. The summed E-state index contributed by atoms with van der Waals surface area (Å²) in [6.07, 6.45) is 7.98. The van der Waals surface area contributed by atoms with Gasteiger partial charge < -0.3 is 20.9 Å². The number of nitrogens with one attached hydrogen (secondary N) is 1. The fraction of sp³-hybridized carbons (Fsp3) is 1.00. The molecular formula is C14H28N2O2. The van der Waals surface area contributed by atoms with E-state index >= 15 is 0 Å². The van der Waals surface area contributed by atoms with Crippen molar-refractivity contribution in [2.45, 2.75) is 50.5 Å². The first-order valence-corrected chi connectivity index (χ1v) is 7.42. The Morgan fingerprint density at radius 1 is 1.11 bits per heavy atom. The van der Waals surface area contributed by atoms with E-state index < -0.39 is 0 Å². The summed E-state index contributed by atoms with van der Waals surface area (Å²) in [4.78, 5) is 0. The Balaban J connectivity index is 1.99. The van der Waals surface area contributed by atoms with Gasteiger partial charge >= 0.3 is 0 Å². The lowest BCUT2D eigenvalue weighted by atomic mass is 9.66. The summed E-state index contributed by atoms with van der Waals surface area (Å²) in [5.41, 5.74) is 6.61. The van der Waals surface area contributed by atoms with Crippen LogP contribution < -0.4 is 11.1 Å². The van der Waals surface area contributed by atoms with Gasteiger partial charge in [0.25, 0.3) is 0 Å². The average Bonchev–Trinajstić information content (AvgIpc) is 2.75. The van der Waals surface area contributed by atoms with Gasteiger partial charge in [-0.2, -0.15) is 0 Å². The standard InChI is InChI=1S/C14H28N2O2/c15-12-14(16-8-1-2-9-17)5-3-4-13(14)6-10-18-11-7-13/h16-17H,1-12,15H2. The molecule has 0 bridgehead atoms. The number of aliphatic hydroxyl groups is 1. The Morgan fingerprint density at radius 2 is 1.89 bits per heavy atom. The molecule has 0 amide bonds. The summed E-state index contributed by atoms with van der Waals surface area (Å²) in [7, 11) is 0. The van der Waals surface area contributed by atoms with Gasteiger partial charge in [0, 0.05) is 31.9 Å². The number of hydrogen-bond donors (Lipinski definition) is 3. The van der Waals surface area contributed by atoms with Gasteiger partial charge in [-0.25, -0.2) is 0 Å². The highest BCUT2D eigenvalue weighted by molar-refractivity contribution is 5.10. The normalized spacial score (nSPS) is 31.0. The third-order valence-electron chi connectivity index (χ3n) is 5.12. The van der Waals surface area contributed by atoms with Crippen LogP contribution >= 0.6 is 0 Å². The minimum absolute atomic E-state index is 0.117. The summed E-state index contributed by atoms with van der Waals surface area (Å²) in [6, 6.07) is 0. The monoisotopic (exact) mass is 256 g/mol. The van der Waals surface area contributed by atoms with Gasteiger partial charge in [-0.3, -0.25) is 0 Å². The van der Waals surface area contributed by atoms with E-state index in [2.05, 4.69) is 5.32 Å². The number of nitrogens with two attached hydrogens (primary N) is 1. The SMILES string of the molecule is NCC1(NCCCCO)CCCC12CCOCC2. The lowest BCUT2D eigenvalue weighted by molar-refractivity contribution is -0.0251. The third kappa shape index (κ3) is 2.57. The van der Waals surface area contributed by atoms with E-state index in [-0.39, 0.29) is 12.1 Å². The first-order valence-electron chi connectivity index (χ1n) is 7.42. The van der Waals surface area contributed by atoms with Crippen molar-refractivity contribution in [1.29, 1.82) is 0 Å². The molecule has 0 aromatic heterocycles. The molecule has 0 aromatic rings. The van der Waals surface area contributed by atoms with Crippen molar-refractivity contribution in [3.8, 4) is 0 Å². The van der Waals surface area contributed by atoms with Gasteiger partial charge in [0.05, 0.1) is 0 Å². The Kier molecular flexibility index (Phi) is 5.01. The predicted molar refractivity (Wildman–Crippen MR) is 72.4 cm³/mol. The molecule has 0 aromatic carbocycles. The molecule has 1 aliphatic carbocycles. The van der Waals surface area contributed by atoms with E-state index in [9.17, 15) is 0 Å². The van der Waals surface area contributed by atoms with Crippen LogP contribution in [0.3, 0.4) is 0 Å². The van der Waals surface area contributed by atoms with Crippen LogP contribution in [0.1, 0.15) is 44.9 Å².